The highest BCUT2D eigenvalue weighted by molar-refractivity contribution is 14.1. The van der Waals surface area contributed by atoms with Crippen molar-refractivity contribution in [2.75, 3.05) is 6.61 Å². The number of hydrogen-bond acceptors (Lipinski definition) is 4. The summed E-state index contributed by atoms with van der Waals surface area (Å²) in [4.78, 5) is 18.0. The molecule has 4 aromatic rings. The van der Waals surface area contributed by atoms with E-state index in [-0.39, 0.29) is 12.2 Å². The van der Waals surface area contributed by atoms with Crippen LogP contribution < -0.4 is 14.8 Å². The molecule has 0 saturated heterocycles. The van der Waals surface area contributed by atoms with E-state index in [1.165, 1.54) is 11.3 Å². The number of nitrogens with zero attached hydrogens (tertiary/aromatic N) is 2. The number of benzene rings is 2. The molecule has 122 valence electrons. The van der Waals surface area contributed by atoms with E-state index in [1.807, 2.05) is 48.5 Å². The molecule has 0 spiro atoms. The molecule has 0 aliphatic carbocycles. The monoisotopic (exact) mass is 458 g/mol. The van der Waals surface area contributed by atoms with Gasteiger partial charge in [-0.1, -0.05) is 35.5 Å². The second-order valence-corrected chi connectivity index (χ2v) is 7.49. The number of para-hydroxylation sites is 2. The van der Waals surface area contributed by atoms with E-state index in [9.17, 15) is 4.79 Å². The summed E-state index contributed by atoms with van der Waals surface area (Å²) in [6, 6.07) is 13.4. The van der Waals surface area contributed by atoms with Gasteiger partial charge < -0.3 is 4.74 Å². The van der Waals surface area contributed by atoms with Crippen LogP contribution in [0.1, 0.15) is 5.56 Å². The van der Waals surface area contributed by atoms with Crippen molar-refractivity contribution in [1.82, 2.24) is 9.38 Å². The highest BCUT2D eigenvalue weighted by Gasteiger charge is 2.10. The van der Waals surface area contributed by atoms with Gasteiger partial charge in [-0.15, -0.1) is 6.42 Å². The van der Waals surface area contributed by atoms with Crippen molar-refractivity contribution in [2.45, 2.75) is 0 Å². The lowest BCUT2D eigenvalue weighted by Crippen LogP contribution is -2.22. The first-order chi connectivity index (χ1) is 12.2. The number of terminal acetylenes is 1. The number of fused-ring (bicyclic) bond motifs is 3. The summed E-state index contributed by atoms with van der Waals surface area (Å²) in [6.45, 7) is 0.235. The Balaban J connectivity index is 1.82. The minimum Gasteiger partial charge on any atom is -0.480 e. The summed E-state index contributed by atoms with van der Waals surface area (Å²) >= 11 is 3.59. The van der Waals surface area contributed by atoms with E-state index >= 15 is 0 Å². The van der Waals surface area contributed by atoms with Gasteiger partial charge >= 0.3 is 0 Å². The Bertz CT molecular complexity index is 1250. The molecule has 0 saturated carbocycles. The molecular formula is C19H11IN2O2S. The van der Waals surface area contributed by atoms with Crippen LogP contribution in [0.2, 0.25) is 0 Å². The Morgan fingerprint density at radius 2 is 2.16 bits per heavy atom. The van der Waals surface area contributed by atoms with E-state index < -0.39 is 0 Å². The fraction of sp³-hybridized carbons (Fsp3) is 0.0526. The maximum atomic E-state index is 12.8. The van der Waals surface area contributed by atoms with Gasteiger partial charge in [0.25, 0.3) is 5.56 Å². The number of hydrogen-bond donors (Lipinski definition) is 0. The maximum Gasteiger partial charge on any atom is 0.274 e. The zero-order valence-electron chi connectivity index (χ0n) is 12.9. The highest BCUT2D eigenvalue weighted by atomic mass is 127. The third kappa shape index (κ3) is 2.90. The normalized spacial score (nSPS) is 11.9. The molecule has 4 rings (SSSR count). The predicted octanol–water partition coefficient (Wildman–Crippen LogP) is 3.07. The SMILES string of the molecule is C#CCOc1ccc(C=c2sc3nc4ccccc4n3c2=O)cc1I. The molecule has 0 amide bonds. The van der Waals surface area contributed by atoms with Crippen molar-refractivity contribution in [2.24, 2.45) is 0 Å². The molecule has 0 bridgehead atoms. The molecule has 0 N–H and O–H groups in total. The van der Waals surface area contributed by atoms with Gasteiger partial charge in [0.2, 0.25) is 0 Å². The first-order valence-electron chi connectivity index (χ1n) is 7.45. The van der Waals surface area contributed by atoms with Gasteiger partial charge in [-0.25, -0.2) is 9.38 Å². The van der Waals surface area contributed by atoms with Gasteiger partial charge in [0.05, 0.1) is 19.1 Å². The number of thiazole rings is 1. The summed E-state index contributed by atoms with van der Waals surface area (Å²) in [6.07, 6.45) is 7.09. The number of ether oxygens (including phenoxy) is 1. The van der Waals surface area contributed by atoms with E-state index in [0.717, 1.165) is 25.9 Å². The van der Waals surface area contributed by atoms with E-state index in [4.69, 9.17) is 11.2 Å². The largest absolute Gasteiger partial charge is 0.480 e. The van der Waals surface area contributed by atoms with Crippen molar-refractivity contribution < 1.29 is 4.74 Å². The Kier molecular flexibility index (Phi) is 4.19. The van der Waals surface area contributed by atoms with Crippen LogP contribution in [0.25, 0.3) is 22.1 Å². The number of halogens is 1. The third-order valence-corrected chi connectivity index (χ3v) is 5.52. The fourth-order valence-electron chi connectivity index (χ4n) is 2.61. The quantitative estimate of drug-likeness (QED) is 0.350. The summed E-state index contributed by atoms with van der Waals surface area (Å²) in [5.41, 5.74) is 2.56. The smallest absolute Gasteiger partial charge is 0.274 e. The van der Waals surface area contributed by atoms with Crippen LogP contribution in [0, 0.1) is 15.9 Å². The Hall–Kier alpha value is -2.37. The van der Waals surface area contributed by atoms with Gasteiger partial charge in [-0.05, 0) is 58.5 Å². The predicted molar refractivity (Wildman–Crippen MR) is 109 cm³/mol. The van der Waals surface area contributed by atoms with E-state index in [1.54, 1.807) is 4.40 Å². The molecule has 0 aliphatic heterocycles. The van der Waals surface area contributed by atoms with Gasteiger partial charge in [0, 0.05) is 0 Å². The third-order valence-electron chi connectivity index (χ3n) is 3.71. The number of rotatable bonds is 3. The molecule has 0 aliphatic rings. The summed E-state index contributed by atoms with van der Waals surface area (Å²) in [7, 11) is 0. The molecule has 4 nitrogen and oxygen atoms in total. The molecule has 0 unspecified atom stereocenters. The van der Waals surface area contributed by atoms with E-state index in [2.05, 4.69) is 33.5 Å². The fourth-order valence-corrected chi connectivity index (χ4v) is 4.29. The Labute approximate surface area is 160 Å². The molecular weight excluding hydrogens is 447 g/mol. The molecule has 0 fully saturated rings. The first kappa shape index (κ1) is 16.1. The molecule has 2 aromatic carbocycles. The van der Waals surface area contributed by atoms with Crippen molar-refractivity contribution >= 4 is 56.0 Å². The second kappa shape index (κ2) is 6.50. The van der Waals surface area contributed by atoms with Crippen LogP contribution in [-0.2, 0) is 0 Å². The van der Waals surface area contributed by atoms with Gasteiger partial charge in [0.1, 0.15) is 12.4 Å². The van der Waals surface area contributed by atoms with Gasteiger partial charge in [-0.3, -0.25) is 4.79 Å². The molecule has 25 heavy (non-hydrogen) atoms. The summed E-state index contributed by atoms with van der Waals surface area (Å²) < 4.78 is 8.74. The van der Waals surface area contributed by atoms with Crippen LogP contribution in [0.5, 0.6) is 5.75 Å². The summed E-state index contributed by atoms with van der Waals surface area (Å²) in [5, 5.41) is 0. The number of aromatic nitrogens is 2. The van der Waals surface area contributed by atoms with Crippen LogP contribution in [-0.4, -0.2) is 16.0 Å². The average Bonchev–Trinajstić information content (AvgIpc) is 3.11. The summed E-state index contributed by atoms with van der Waals surface area (Å²) in [5.74, 6) is 3.19. The van der Waals surface area contributed by atoms with Gasteiger partial charge in [0.15, 0.2) is 4.96 Å². The van der Waals surface area contributed by atoms with Crippen molar-refractivity contribution in [3.05, 3.63) is 66.5 Å². The lowest BCUT2D eigenvalue weighted by molar-refractivity contribution is 0.368. The molecule has 2 heterocycles. The minimum absolute atomic E-state index is 0.0450. The van der Waals surface area contributed by atoms with Crippen molar-refractivity contribution in [1.29, 1.82) is 0 Å². The topological polar surface area (TPSA) is 43.6 Å². The molecule has 0 atom stereocenters. The molecule has 0 radical (unpaired) electrons. The Morgan fingerprint density at radius 1 is 1.32 bits per heavy atom. The first-order valence-corrected chi connectivity index (χ1v) is 9.34. The second-order valence-electron chi connectivity index (χ2n) is 5.32. The molecule has 2 aromatic heterocycles. The van der Waals surface area contributed by atoms with Crippen LogP contribution in [0.15, 0.2) is 47.3 Å². The zero-order valence-corrected chi connectivity index (χ0v) is 15.9. The molecule has 6 heteroatoms. The average molecular weight is 458 g/mol. The van der Waals surface area contributed by atoms with Crippen LogP contribution in [0.4, 0.5) is 0 Å². The zero-order chi connectivity index (χ0) is 17.4. The van der Waals surface area contributed by atoms with Gasteiger partial charge in [-0.2, -0.15) is 0 Å². The highest BCUT2D eigenvalue weighted by Crippen LogP contribution is 2.22. The van der Waals surface area contributed by atoms with E-state index in [0.29, 0.717) is 9.49 Å². The Morgan fingerprint density at radius 3 is 2.96 bits per heavy atom. The van der Waals surface area contributed by atoms with Crippen molar-refractivity contribution in [3.8, 4) is 18.1 Å². The lowest BCUT2D eigenvalue weighted by atomic mass is 10.2. The van der Waals surface area contributed by atoms with Crippen LogP contribution in [0.3, 0.4) is 0 Å². The van der Waals surface area contributed by atoms with Crippen LogP contribution >= 0.6 is 33.9 Å². The maximum absolute atomic E-state index is 12.8. The van der Waals surface area contributed by atoms with Crippen molar-refractivity contribution in [3.63, 3.8) is 0 Å². The number of imidazole rings is 1. The lowest BCUT2D eigenvalue weighted by Gasteiger charge is -2.05. The standard InChI is InChI=1S/C19H11IN2O2S/c1-2-9-24-16-8-7-12(10-13(16)20)11-17-18(23)22-15-6-4-3-5-14(15)21-19(22)25-17/h1,3-8,10-11H,9H2. The minimum atomic E-state index is -0.0450.